The monoisotopic (exact) mass is 268 g/mol. The van der Waals surface area contributed by atoms with Crippen molar-refractivity contribution in [1.29, 1.82) is 0 Å². The van der Waals surface area contributed by atoms with Crippen molar-refractivity contribution in [3.8, 4) is 0 Å². The molecule has 0 saturated carbocycles. The Bertz CT molecular complexity index is 267. The summed E-state index contributed by atoms with van der Waals surface area (Å²) in [5.41, 5.74) is 0.0729. The number of carbonyl (C=O) groups is 1. The number of carbonyl (C=O) groups excluding carboxylic acids is 1. The van der Waals surface area contributed by atoms with Gasteiger partial charge < -0.3 is 10.2 Å². The molecule has 1 saturated heterocycles. The largest absolute Gasteiger partial charge is 0.336 e. The molecule has 1 unspecified atom stereocenters. The van der Waals surface area contributed by atoms with Gasteiger partial charge in [0.2, 0.25) is 0 Å². The zero-order valence-electron chi connectivity index (χ0n) is 13.1. The first-order chi connectivity index (χ1) is 9.14. The molecule has 0 aromatic carbocycles. The van der Waals surface area contributed by atoms with E-state index in [1.54, 1.807) is 0 Å². The third kappa shape index (κ3) is 5.04. The Morgan fingerprint density at radius 1 is 1.05 bits per heavy atom. The molecule has 0 bridgehead atoms. The number of amides is 2. The zero-order chi connectivity index (χ0) is 14.1. The summed E-state index contributed by atoms with van der Waals surface area (Å²) in [6.07, 6.45) is 11.2. The predicted molar refractivity (Wildman–Crippen MR) is 81.4 cm³/mol. The lowest BCUT2D eigenvalue weighted by atomic mass is 9.86. The fraction of sp³-hybridized carbons (Fsp3) is 0.938. The molecule has 2 amide bonds. The molecule has 1 aliphatic rings. The van der Waals surface area contributed by atoms with Crippen LogP contribution in [0, 0.1) is 0 Å². The highest BCUT2D eigenvalue weighted by atomic mass is 16.2. The van der Waals surface area contributed by atoms with Crippen LogP contribution in [-0.2, 0) is 0 Å². The molecule has 1 rings (SSSR count). The van der Waals surface area contributed by atoms with Gasteiger partial charge in [-0.15, -0.1) is 0 Å². The minimum atomic E-state index is 0.0729. The highest BCUT2D eigenvalue weighted by Crippen LogP contribution is 2.30. The molecule has 1 N–H and O–H groups in total. The van der Waals surface area contributed by atoms with Crippen LogP contribution >= 0.6 is 0 Å². The van der Waals surface area contributed by atoms with Crippen LogP contribution in [-0.4, -0.2) is 29.6 Å². The fourth-order valence-corrected chi connectivity index (χ4v) is 3.07. The van der Waals surface area contributed by atoms with Crippen molar-refractivity contribution < 1.29 is 4.79 Å². The molecular weight excluding hydrogens is 236 g/mol. The molecule has 19 heavy (non-hydrogen) atoms. The number of unbranched alkanes of at least 4 members (excludes halogenated alkanes) is 5. The Hall–Kier alpha value is -0.730. The summed E-state index contributed by atoms with van der Waals surface area (Å²) >= 11 is 0. The van der Waals surface area contributed by atoms with Gasteiger partial charge >= 0.3 is 6.03 Å². The molecule has 0 aromatic heterocycles. The molecular formula is C16H32N2O. The molecule has 112 valence electrons. The van der Waals surface area contributed by atoms with Gasteiger partial charge in [0.15, 0.2) is 0 Å². The molecule has 0 aliphatic carbocycles. The standard InChI is InChI=1S/C16H32N2O/c1-4-6-8-10-12-16(3,11-9-7-5-2)18-14-13-17-15(18)19/h4-14H2,1-3H3,(H,17,19). The SMILES string of the molecule is CCCCCCC(C)(CCCCC)N1CCNC1=O. The quantitative estimate of drug-likeness (QED) is 0.588. The lowest BCUT2D eigenvalue weighted by molar-refractivity contribution is 0.126. The second kappa shape index (κ2) is 8.44. The number of hydrogen-bond donors (Lipinski definition) is 1. The minimum Gasteiger partial charge on any atom is -0.336 e. The van der Waals surface area contributed by atoms with E-state index in [1.165, 1.54) is 44.9 Å². The first-order valence-corrected chi connectivity index (χ1v) is 8.19. The summed E-state index contributed by atoms with van der Waals surface area (Å²) < 4.78 is 0. The Kier molecular flexibility index (Phi) is 7.25. The van der Waals surface area contributed by atoms with E-state index in [0.717, 1.165) is 25.9 Å². The van der Waals surface area contributed by atoms with Gasteiger partial charge in [0, 0.05) is 18.6 Å². The number of nitrogens with one attached hydrogen (secondary N) is 1. The molecule has 1 aliphatic heterocycles. The number of hydrogen-bond acceptors (Lipinski definition) is 1. The zero-order valence-corrected chi connectivity index (χ0v) is 13.1. The molecule has 3 heteroatoms. The smallest absolute Gasteiger partial charge is 0.317 e. The third-order valence-electron chi connectivity index (χ3n) is 4.40. The lowest BCUT2D eigenvalue weighted by Gasteiger charge is -2.38. The Morgan fingerprint density at radius 2 is 1.63 bits per heavy atom. The molecule has 3 nitrogen and oxygen atoms in total. The summed E-state index contributed by atoms with van der Waals surface area (Å²) in [4.78, 5) is 14.0. The van der Waals surface area contributed by atoms with E-state index in [2.05, 4.69) is 31.0 Å². The van der Waals surface area contributed by atoms with Crippen LogP contribution in [0.1, 0.15) is 78.6 Å². The van der Waals surface area contributed by atoms with E-state index in [1.807, 2.05) is 0 Å². The third-order valence-corrected chi connectivity index (χ3v) is 4.40. The van der Waals surface area contributed by atoms with Crippen molar-refractivity contribution in [2.75, 3.05) is 13.1 Å². The van der Waals surface area contributed by atoms with Gasteiger partial charge in [-0.1, -0.05) is 58.8 Å². The van der Waals surface area contributed by atoms with Crippen LogP contribution < -0.4 is 5.32 Å². The Labute approximate surface area is 119 Å². The maximum absolute atomic E-state index is 12.0. The van der Waals surface area contributed by atoms with Gasteiger partial charge in [0.05, 0.1) is 0 Å². The van der Waals surface area contributed by atoms with E-state index >= 15 is 0 Å². The average Bonchev–Trinajstić information content (AvgIpc) is 2.82. The maximum atomic E-state index is 12.0. The van der Waals surface area contributed by atoms with Crippen LogP contribution in [0.15, 0.2) is 0 Å². The Balaban J connectivity index is 2.52. The molecule has 1 atom stereocenters. The van der Waals surface area contributed by atoms with Crippen LogP contribution in [0.25, 0.3) is 0 Å². The summed E-state index contributed by atoms with van der Waals surface area (Å²) in [5.74, 6) is 0. The van der Waals surface area contributed by atoms with E-state index in [-0.39, 0.29) is 11.6 Å². The lowest BCUT2D eigenvalue weighted by Crippen LogP contribution is -2.48. The second-order valence-corrected chi connectivity index (χ2v) is 6.15. The van der Waals surface area contributed by atoms with Crippen molar-refractivity contribution in [3.05, 3.63) is 0 Å². The van der Waals surface area contributed by atoms with Crippen LogP contribution in [0.5, 0.6) is 0 Å². The number of nitrogens with zero attached hydrogens (tertiary/aromatic N) is 1. The number of rotatable bonds is 10. The maximum Gasteiger partial charge on any atom is 0.317 e. The highest BCUT2D eigenvalue weighted by Gasteiger charge is 2.36. The van der Waals surface area contributed by atoms with Crippen molar-refractivity contribution in [1.82, 2.24) is 10.2 Å². The van der Waals surface area contributed by atoms with Crippen molar-refractivity contribution in [2.24, 2.45) is 0 Å². The number of urea groups is 1. The van der Waals surface area contributed by atoms with Gasteiger partial charge in [0.25, 0.3) is 0 Å². The normalized spacial score (nSPS) is 18.5. The van der Waals surface area contributed by atoms with Gasteiger partial charge in [-0.05, 0) is 19.8 Å². The topological polar surface area (TPSA) is 32.3 Å². The summed E-state index contributed by atoms with van der Waals surface area (Å²) in [6, 6.07) is 0.148. The van der Waals surface area contributed by atoms with E-state index in [0.29, 0.717) is 0 Å². The van der Waals surface area contributed by atoms with Gasteiger partial charge in [0.1, 0.15) is 0 Å². The van der Waals surface area contributed by atoms with Crippen LogP contribution in [0.2, 0.25) is 0 Å². The second-order valence-electron chi connectivity index (χ2n) is 6.15. The summed E-state index contributed by atoms with van der Waals surface area (Å²) in [6.45, 7) is 8.47. The van der Waals surface area contributed by atoms with Gasteiger partial charge in [-0.25, -0.2) is 4.79 Å². The first-order valence-electron chi connectivity index (χ1n) is 8.19. The molecule has 1 fully saturated rings. The average molecular weight is 268 g/mol. The van der Waals surface area contributed by atoms with Crippen molar-refractivity contribution in [2.45, 2.75) is 84.1 Å². The van der Waals surface area contributed by atoms with Crippen molar-refractivity contribution >= 4 is 6.03 Å². The van der Waals surface area contributed by atoms with Crippen LogP contribution in [0.4, 0.5) is 4.79 Å². The van der Waals surface area contributed by atoms with Crippen molar-refractivity contribution in [3.63, 3.8) is 0 Å². The van der Waals surface area contributed by atoms with Gasteiger partial charge in [-0.3, -0.25) is 0 Å². The van der Waals surface area contributed by atoms with Crippen LogP contribution in [0.3, 0.4) is 0 Å². The highest BCUT2D eigenvalue weighted by molar-refractivity contribution is 5.77. The predicted octanol–water partition coefficient (Wildman–Crippen LogP) is 4.32. The Morgan fingerprint density at radius 3 is 2.16 bits per heavy atom. The van der Waals surface area contributed by atoms with E-state index in [4.69, 9.17) is 0 Å². The fourth-order valence-electron chi connectivity index (χ4n) is 3.07. The van der Waals surface area contributed by atoms with E-state index in [9.17, 15) is 4.79 Å². The molecule has 0 aromatic rings. The summed E-state index contributed by atoms with van der Waals surface area (Å²) in [7, 11) is 0. The minimum absolute atomic E-state index is 0.0729. The van der Waals surface area contributed by atoms with E-state index < -0.39 is 0 Å². The summed E-state index contributed by atoms with van der Waals surface area (Å²) in [5, 5.41) is 2.95. The molecule has 1 heterocycles. The molecule has 0 radical (unpaired) electrons. The molecule has 0 spiro atoms. The van der Waals surface area contributed by atoms with Gasteiger partial charge in [-0.2, -0.15) is 0 Å². The first kappa shape index (κ1) is 16.3.